The van der Waals surface area contributed by atoms with E-state index in [9.17, 15) is 13.0 Å². The van der Waals surface area contributed by atoms with E-state index in [2.05, 4.69) is 13.8 Å². The van der Waals surface area contributed by atoms with Gasteiger partial charge in [0.05, 0.1) is 17.3 Å². The number of fused-ring (bicyclic) bond motifs is 2. The molecule has 8 heteroatoms. The second-order valence-electron chi connectivity index (χ2n) is 8.75. The van der Waals surface area contributed by atoms with Gasteiger partial charge in [-0.3, -0.25) is 4.52 Å². The Hall–Kier alpha value is -1.53. The predicted octanol–water partition coefficient (Wildman–Crippen LogP) is 8.79. The van der Waals surface area contributed by atoms with Gasteiger partial charge >= 0.3 is 6.80 Å². The van der Waals surface area contributed by atoms with Crippen molar-refractivity contribution < 1.29 is 22.0 Å². The minimum Gasteiger partial charge on any atom is -0.417 e. The molecular weight excluding hydrogens is 499 g/mol. The van der Waals surface area contributed by atoms with E-state index in [0.29, 0.717) is 23.7 Å². The van der Waals surface area contributed by atoms with Crippen molar-refractivity contribution >= 4 is 49.6 Å². The second kappa shape index (κ2) is 13.1. The zero-order valence-electron chi connectivity index (χ0n) is 21.0. The van der Waals surface area contributed by atoms with Crippen molar-refractivity contribution in [1.29, 1.82) is 0 Å². The summed E-state index contributed by atoms with van der Waals surface area (Å²) < 4.78 is 50.1. The number of hydrogen-bond acceptors (Lipinski definition) is 6. The van der Waals surface area contributed by atoms with Crippen LogP contribution in [0.4, 0.5) is 0 Å². The molecule has 0 saturated carbocycles. The highest BCUT2D eigenvalue weighted by molar-refractivity contribution is 8.55. The second-order valence-corrected chi connectivity index (χ2v) is 15.0. The van der Waals surface area contributed by atoms with Gasteiger partial charge in [0.25, 0.3) is 0 Å². The van der Waals surface area contributed by atoms with E-state index in [-0.39, 0.29) is 5.75 Å². The Morgan fingerprint density at radius 3 is 2.11 bits per heavy atom. The fourth-order valence-electron chi connectivity index (χ4n) is 3.95. The van der Waals surface area contributed by atoms with Crippen LogP contribution in [0.2, 0.25) is 0 Å². The number of unbranched alkanes of at least 4 members (excludes halogenated alkanes) is 5. The molecule has 0 heterocycles. The number of hydrogen-bond donors (Lipinski definition) is 0. The molecule has 0 amide bonds. The summed E-state index contributed by atoms with van der Waals surface area (Å²) in [6.45, 7) is 3.06. The maximum absolute atomic E-state index is 13.3. The van der Waals surface area contributed by atoms with Crippen LogP contribution in [0.15, 0.2) is 53.4 Å². The Labute approximate surface area is 214 Å². The average Bonchev–Trinajstić information content (AvgIpc) is 2.82. The first kappa shape index (κ1) is 28.0. The summed E-state index contributed by atoms with van der Waals surface area (Å²) in [5.74, 6) is 1.42. The first-order valence-electron chi connectivity index (χ1n) is 12.6. The molecular formula is C27H37O5PS2. The fraction of sp³-hybridized carbons (Fsp3) is 0.481. The van der Waals surface area contributed by atoms with Gasteiger partial charge in [-0.05, 0) is 89.1 Å². The van der Waals surface area contributed by atoms with Gasteiger partial charge in [0.1, 0.15) is 5.75 Å². The number of sulfone groups is 1. The molecule has 3 aromatic rings. The van der Waals surface area contributed by atoms with Crippen LogP contribution in [0, 0.1) is 0 Å². The van der Waals surface area contributed by atoms with Crippen LogP contribution >= 0.6 is 18.2 Å². The van der Waals surface area contributed by atoms with Crippen LogP contribution in [0.1, 0.15) is 65.7 Å². The third-order valence-electron chi connectivity index (χ3n) is 5.87. The topological polar surface area (TPSA) is 69.7 Å². The van der Waals surface area contributed by atoms with Crippen LogP contribution in [-0.2, 0) is 18.9 Å². The van der Waals surface area contributed by atoms with Crippen molar-refractivity contribution in [3.8, 4) is 5.75 Å². The molecule has 0 spiro atoms. The molecule has 1 atom stereocenters. The van der Waals surface area contributed by atoms with Gasteiger partial charge in [0.15, 0.2) is 9.84 Å². The lowest BCUT2D eigenvalue weighted by Gasteiger charge is -2.18. The van der Waals surface area contributed by atoms with Crippen LogP contribution in [-0.4, -0.2) is 26.5 Å². The standard InChI is InChI=1S/C27H37O5PS2/c1-4-7-9-10-16-34-33(28,31-6-3)32-26-14-12-22-19-25-21-27(35(29,30)17-11-8-5-2)15-13-23(25)18-24(22)20-26/h12-15,18-21H,4-11,16-17H2,1-3H3. The molecule has 1 unspecified atom stereocenters. The summed E-state index contributed by atoms with van der Waals surface area (Å²) >= 11 is 1.27. The Balaban J connectivity index is 1.81. The summed E-state index contributed by atoms with van der Waals surface area (Å²) in [5, 5.41) is 3.72. The van der Waals surface area contributed by atoms with E-state index in [4.69, 9.17) is 9.05 Å². The molecule has 0 saturated heterocycles. The maximum Gasteiger partial charge on any atom is 0.440 e. The Morgan fingerprint density at radius 1 is 0.771 bits per heavy atom. The van der Waals surface area contributed by atoms with Crippen molar-refractivity contribution in [2.45, 2.75) is 70.6 Å². The molecule has 0 aliphatic carbocycles. The molecule has 0 aliphatic heterocycles. The Kier molecular flexibility index (Phi) is 10.5. The molecule has 3 rings (SSSR count). The molecule has 5 nitrogen and oxygen atoms in total. The lowest BCUT2D eigenvalue weighted by molar-refractivity contribution is 0.296. The van der Waals surface area contributed by atoms with Gasteiger partial charge in [0.2, 0.25) is 0 Å². The molecule has 0 aliphatic rings. The normalized spacial score (nSPS) is 13.8. The van der Waals surface area contributed by atoms with Crippen LogP contribution < -0.4 is 4.52 Å². The summed E-state index contributed by atoms with van der Waals surface area (Å²) in [5.41, 5.74) is 0. The zero-order valence-corrected chi connectivity index (χ0v) is 23.5. The van der Waals surface area contributed by atoms with E-state index < -0.39 is 16.6 Å². The van der Waals surface area contributed by atoms with Gasteiger partial charge in [-0.1, -0.05) is 58.1 Å². The highest BCUT2D eigenvalue weighted by atomic mass is 32.7. The minimum atomic E-state index is -3.30. The van der Waals surface area contributed by atoms with Crippen LogP contribution in [0.5, 0.6) is 5.75 Å². The SMILES string of the molecule is CCCCCCSP(=O)(OCC)Oc1ccc2cc3cc(S(=O)(=O)CCCCC)ccc3cc2c1. The fourth-order valence-corrected chi connectivity index (χ4v) is 8.79. The van der Waals surface area contributed by atoms with Crippen LogP contribution in [0.3, 0.4) is 0 Å². The first-order valence-corrected chi connectivity index (χ1v) is 17.4. The van der Waals surface area contributed by atoms with Crippen molar-refractivity contribution in [3.63, 3.8) is 0 Å². The monoisotopic (exact) mass is 536 g/mol. The highest BCUT2D eigenvalue weighted by Gasteiger charge is 2.26. The summed E-state index contributed by atoms with van der Waals surface area (Å²) in [7, 11) is -3.29. The van der Waals surface area contributed by atoms with Crippen molar-refractivity contribution in [2.24, 2.45) is 0 Å². The van der Waals surface area contributed by atoms with Crippen molar-refractivity contribution in [2.75, 3.05) is 18.1 Å². The molecule has 3 aromatic carbocycles. The largest absolute Gasteiger partial charge is 0.440 e. The summed E-state index contributed by atoms with van der Waals surface area (Å²) in [6.07, 6.45) is 7.01. The first-order chi connectivity index (χ1) is 16.8. The van der Waals surface area contributed by atoms with Gasteiger partial charge in [-0.25, -0.2) is 13.0 Å². The minimum absolute atomic E-state index is 0.178. The molecule has 35 heavy (non-hydrogen) atoms. The molecule has 192 valence electrons. The van der Waals surface area contributed by atoms with Crippen molar-refractivity contribution in [3.05, 3.63) is 48.5 Å². The van der Waals surface area contributed by atoms with E-state index in [0.717, 1.165) is 59.4 Å². The molecule has 0 aromatic heterocycles. The van der Waals surface area contributed by atoms with Gasteiger partial charge < -0.3 is 4.52 Å². The van der Waals surface area contributed by atoms with Gasteiger partial charge in [-0.2, -0.15) is 0 Å². The van der Waals surface area contributed by atoms with Crippen LogP contribution in [0.25, 0.3) is 21.5 Å². The Bertz CT molecular complexity index is 1270. The lowest BCUT2D eigenvalue weighted by Crippen LogP contribution is -2.06. The molecule has 0 radical (unpaired) electrons. The van der Waals surface area contributed by atoms with E-state index >= 15 is 0 Å². The Morgan fingerprint density at radius 2 is 1.43 bits per heavy atom. The quantitative estimate of drug-likeness (QED) is 0.110. The summed E-state index contributed by atoms with van der Waals surface area (Å²) in [4.78, 5) is 0.369. The highest BCUT2D eigenvalue weighted by Crippen LogP contribution is 2.60. The third-order valence-corrected chi connectivity index (χ3v) is 11.5. The third kappa shape index (κ3) is 7.98. The maximum atomic E-state index is 13.3. The average molecular weight is 537 g/mol. The number of benzene rings is 3. The predicted molar refractivity (Wildman–Crippen MR) is 149 cm³/mol. The summed E-state index contributed by atoms with van der Waals surface area (Å²) in [6, 6.07) is 14.9. The smallest absolute Gasteiger partial charge is 0.417 e. The molecule has 0 N–H and O–H groups in total. The number of rotatable bonds is 15. The van der Waals surface area contributed by atoms with Gasteiger partial charge in [-0.15, -0.1) is 0 Å². The molecule has 0 bridgehead atoms. The van der Waals surface area contributed by atoms with Crippen molar-refractivity contribution in [1.82, 2.24) is 0 Å². The van der Waals surface area contributed by atoms with E-state index in [1.165, 1.54) is 17.8 Å². The zero-order chi connectivity index (χ0) is 25.3. The molecule has 0 fully saturated rings. The van der Waals surface area contributed by atoms with E-state index in [1.807, 2.05) is 37.3 Å². The van der Waals surface area contributed by atoms with Gasteiger partial charge in [0, 0.05) is 5.75 Å². The van der Waals surface area contributed by atoms with E-state index in [1.54, 1.807) is 18.2 Å². The lowest BCUT2D eigenvalue weighted by atomic mass is 10.0.